The van der Waals surface area contributed by atoms with Crippen LogP contribution < -0.4 is 5.32 Å². The van der Waals surface area contributed by atoms with Crippen LogP contribution in [0, 0.1) is 5.82 Å². The van der Waals surface area contributed by atoms with Crippen molar-refractivity contribution >= 4 is 44.7 Å². The fourth-order valence-electron chi connectivity index (χ4n) is 2.90. The first-order valence-corrected chi connectivity index (χ1v) is 12.4. The van der Waals surface area contributed by atoms with Gasteiger partial charge in [0.2, 0.25) is 0 Å². The number of hydrogen-bond donors (Lipinski definition) is 2. The number of nitrogens with zero attached hydrogens (tertiary/aromatic N) is 2. The van der Waals surface area contributed by atoms with Crippen molar-refractivity contribution in [2.24, 2.45) is 0 Å². The summed E-state index contributed by atoms with van der Waals surface area (Å²) in [7, 11) is -3.97. The molecule has 7 nitrogen and oxygen atoms in total. The predicted molar refractivity (Wildman–Crippen MR) is 126 cm³/mol. The monoisotopic (exact) mass is 567 g/mol. The Morgan fingerprint density at radius 1 is 1.14 bits per heavy atom. The summed E-state index contributed by atoms with van der Waals surface area (Å²) in [5, 5.41) is 10.9. The highest BCUT2D eigenvalue weighted by molar-refractivity contribution is 7.90. The molecule has 1 heterocycles. The first-order chi connectivity index (χ1) is 16.8. The van der Waals surface area contributed by atoms with Crippen molar-refractivity contribution in [3.8, 4) is 0 Å². The number of aromatic nitrogens is 2. The Balaban J connectivity index is 0.000000572. The summed E-state index contributed by atoms with van der Waals surface area (Å²) in [5.41, 5.74) is 1.40. The van der Waals surface area contributed by atoms with E-state index >= 15 is 0 Å². The molecule has 0 spiro atoms. The number of aliphatic carboxylic acids is 1. The molecule has 0 saturated heterocycles. The van der Waals surface area contributed by atoms with Crippen LogP contribution >= 0.6 is 23.2 Å². The van der Waals surface area contributed by atoms with Gasteiger partial charge in [0.15, 0.2) is 9.84 Å². The van der Waals surface area contributed by atoms with Crippen molar-refractivity contribution in [1.29, 1.82) is 0 Å². The van der Waals surface area contributed by atoms with Gasteiger partial charge in [0.25, 0.3) is 0 Å². The topological polar surface area (TPSA) is 109 Å². The van der Waals surface area contributed by atoms with Gasteiger partial charge in [0, 0.05) is 11.2 Å². The molecule has 2 N–H and O–H groups in total. The number of halogens is 6. The molecule has 1 atom stereocenters. The van der Waals surface area contributed by atoms with Crippen molar-refractivity contribution in [3.63, 3.8) is 0 Å². The van der Waals surface area contributed by atoms with Crippen LogP contribution in [0.4, 0.5) is 23.2 Å². The first-order valence-electron chi connectivity index (χ1n) is 10.0. The van der Waals surface area contributed by atoms with Crippen molar-refractivity contribution in [2.45, 2.75) is 36.2 Å². The van der Waals surface area contributed by atoms with Gasteiger partial charge in [-0.1, -0.05) is 48.3 Å². The molecule has 0 aliphatic carbocycles. The zero-order valence-electron chi connectivity index (χ0n) is 18.4. The lowest BCUT2D eigenvalue weighted by molar-refractivity contribution is -0.192. The average molecular weight is 568 g/mol. The molecule has 0 unspecified atom stereocenters. The summed E-state index contributed by atoms with van der Waals surface area (Å²) < 4.78 is 71.7. The Hall–Kier alpha value is -2.96. The molecule has 3 rings (SSSR count). The minimum Gasteiger partial charge on any atom is -0.475 e. The van der Waals surface area contributed by atoms with Crippen LogP contribution in [0.25, 0.3) is 0 Å². The van der Waals surface area contributed by atoms with Gasteiger partial charge < -0.3 is 10.4 Å². The van der Waals surface area contributed by atoms with E-state index in [1.54, 1.807) is 6.07 Å². The van der Waals surface area contributed by atoms with Crippen LogP contribution in [0.3, 0.4) is 0 Å². The van der Waals surface area contributed by atoms with Gasteiger partial charge >= 0.3 is 12.1 Å². The summed E-state index contributed by atoms with van der Waals surface area (Å²) in [6.45, 7) is 1.95. The zero-order valence-corrected chi connectivity index (χ0v) is 20.8. The summed E-state index contributed by atoms with van der Waals surface area (Å²) in [6, 6.07) is 10.8. The summed E-state index contributed by atoms with van der Waals surface area (Å²) >= 11 is 12.5. The smallest absolute Gasteiger partial charge is 0.475 e. The number of carboxylic acids is 1. The molecule has 2 aromatic carbocycles. The summed E-state index contributed by atoms with van der Waals surface area (Å²) in [4.78, 5) is 16.0. The molecule has 0 aliphatic rings. The van der Waals surface area contributed by atoms with E-state index in [-0.39, 0.29) is 22.4 Å². The van der Waals surface area contributed by atoms with Crippen LogP contribution in [0.15, 0.2) is 59.9 Å². The molecule has 0 aliphatic heterocycles. The van der Waals surface area contributed by atoms with Crippen LogP contribution in [0.5, 0.6) is 0 Å². The van der Waals surface area contributed by atoms with E-state index in [1.807, 2.05) is 25.1 Å². The number of hydrogen-bond acceptors (Lipinski definition) is 6. The number of benzene rings is 2. The second-order valence-electron chi connectivity index (χ2n) is 7.15. The molecule has 0 fully saturated rings. The van der Waals surface area contributed by atoms with Crippen molar-refractivity contribution in [3.05, 3.63) is 82.1 Å². The summed E-state index contributed by atoms with van der Waals surface area (Å²) in [5.74, 6) is -4.10. The number of alkyl halides is 3. The van der Waals surface area contributed by atoms with Crippen molar-refractivity contribution in [2.75, 3.05) is 5.32 Å². The minimum atomic E-state index is -5.08. The normalized spacial score (nSPS) is 12.3. The van der Waals surface area contributed by atoms with Crippen LogP contribution in [-0.2, 0) is 20.4 Å². The second-order valence-corrected chi connectivity index (χ2v) is 9.92. The third-order valence-electron chi connectivity index (χ3n) is 4.60. The van der Waals surface area contributed by atoms with Gasteiger partial charge in [0.05, 0.1) is 28.2 Å². The number of anilines is 1. The fourth-order valence-corrected chi connectivity index (χ4v) is 4.82. The highest BCUT2D eigenvalue weighted by atomic mass is 35.5. The molecular weight excluding hydrogens is 549 g/mol. The van der Waals surface area contributed by atoms with E-state index in [2.05, 4.69) is 15.3 Å². The first kappa shape index (κ1) is 29.3. The lowest BCUT2D eigenvalue weighted by atomic mass is 10.0. The van der Waals surface area contributed by atoms with Gasteiger partial charge in [0.1, 0.15) is 17.0 Å². The maximum atomic E-state index is 14.7. The van der Waals surface area contributed by atoms with Crippen molar-refractivity contribution in [1.82, 2.24) is 9.97 Å². The third kappa shape index (κ3) is 8.04. The number of carbonyl (C=O) groups is 1. The van der Waals surface area contributed by atoms with Gasteiger partial charge in [-0.15, -0.1) is 0 Å². The number of carboxylic acid groups (broad SMARTS) is 1. The predicted octanol–water partition coefficient (Wildman–Crippen LogP) is 6.09. The van der Waals surface area contributed by atoms with Crippen LogP contribution in [0.2, 0.25) is 10.0 Å². The minimum absolute atomic E-state index is 0.0955. The van der Waals surface area contributed by atoms with E-state index in [0.717, 1.165) is 17.7 Å². The van der Waals surface area contributed by atoms with E-state index in [4.69, 9.17) is 33.1 Å². The fraction of sp³-hybridized carbons (Fsp3) is 0.227. The Labute approximate surface area is 214 Å². The lowest BCUT2D eigenvalue weighted by Gasteiger charge is -2.21. The Morgan fingerprint density at radius 3 is 2.31 bits per heavy atom. The molecule has 36 heavy (non-hydrogen) atoms. The molecule has 0 saturated carbocycles. The van der Waals surface area contributed by atoms with Crippen molar-refractivity contribution < 1.29 is 35.9 Å². The summed E-state index contributed by atoms with van der Waals surface area (Å²) in [6.07, 6.45) is -1.76. The second kappa shape index (κ2) is 12.3. The van der Waals surface area contributed by atoms with Gasteiger partial charge in [-0.2, -0.15) is 13.2 Å². The maximum Gasteiger partial charge on any atom is 0.490 e. The quantitative estimate of drug-likeness (QED) is 0.332. The van der Waals surface area contributed by atoms with Crippen LogP contribution in [-0.4, -0.2) is 35.6 Å². The molecule has 14 heteroatoms. The highest BCUT2D eigenvalue weighted by Gasteiger charge is 2.38. The highest BCUT2D eigenvalue weighted by Crippen LogP contribution is 2.34. The lowest BCUT2D eigenvalue weighted by Crippen LogP contribution is -2.21. The SMILES string of the molecule is CC[C@H](Nc1cc(F)c(S(=O)(=O)Cc2ccncn2)cc1Cl)c1ccccc1Cl.O=C(O)C(F)(F)F. The van der Waals surface area contributed by atoms with Gasteiger partial charge in [-0.25, -0.2) is 27.6 Å². The molecule has 0 amide bonds. The Morgan fingerprint density at radius 2 is 1.78 bits per heavy atom. The molecule has 0 bridgehead atoms. The van der Waals surface area contributed by atoms with E-state index in [0.29, 0.717) is 11.4 Å². The Bertz CT molecular complexity index is 1310. The van der Waals surface area contributed by atoms with E-state index < -0.39 is 38.4 Å². The molecule has 194 valence electrons. The number of rotatable bonds is 7. The molecule has 1 aromatic heterocycles. The van der Waals surface area contributed by atoms with E-state index in [9.17, 15) is 26.0 Å². The molecule has 0 radical (unpaired) electrons. The third-order valence-corrected chi connectivity index (χ3v) is 6.91. The molecule has 3 aromatic rings. The number of nitrogens with one attached hydrogen (secondary N) is 1. The van der Waals surface area contributed by atoms with E-state index in [1.165, 1.54) is 18.6 Å². The average Bonchev–Trinajstić information content (AvgIpc) is 2.80. The van der Waals surface area contributed by atoms with Crippen LogP contribution in [0.1, 0.15) is 30.6 Å². The molecular formula is C22H19Cl2F4N3O4S. The Kier molecular flexibility index (Phi) is 10.0. The van der Waals surface area contributed by atoms with Gasteiger partial charge in [-0.05, 0) is 36.2 Å². The largest absolute Gasteiger partial charge is 0.490 e. The standard InChI is InChI=1S/C20H18Cl2FN3O2S.C2HF3O2/c1-2-18(14-5-3-4-6-15(14)21)26-19-10-17(23)20(9-16(19)22)29(27,28)11-13-7-8-24-12-25-13;3-2(4,5)1(6)7/h3-10,12,18,26H,2,11H2,1H3;(H,6,7)/t18-;/m0./s1. The zero-order chi connectivity index (χ0) is 27.1. The maximum absolute atomic E-state index is 14.7. The number of sulfone groups is 1. The van der Waals surface area contributed by atoms with Gasteiger partial charge in [-0.3, -0.25) is 0 Å².